The van der Waals surface area contributed by atoms with Crippen molar-refractivity contribution in [2.75, 3.05) is 19.0 Å². The molecular formula is C15H20N2O3. The van der Waals surface area contributed by atoms with E-state index >= 15 is 0 Å². The molecule has 1 aliphatic rings. The average molecular weight is 276 g/mol. The number of carbonyl (C=O) groups is 2. The Morgan fingerprint density at radius 1 is 1.30 bits per heavy atom. The van der Waals surface area contributed by atoms with Crippen molar-refractivity contribution >= 4 is 17.5 Å². The first kappa shape index (κ1) is 14.4. The van der Waals surface area contributed by atoms with E-state index in [0.29, 0.717) is 12.5 Å². The minimum absolute atomic E-state index is 0.0646. The standard InChI is InChI=1S/C15H20N2O3/c1-10-9-13(10)15(19)16-8-7-14(18)17-11-3-5-12(20-2)6-4-11/h3-6,10,13H,7-9H2,1-2H3,(H,16,19)(H,17,18). The average Bonchev–Trinajstić information content (AvgIpc) is 3.17. The minimum Gasteiger partial charge on any atom is -0.497 e. The molecule has 0 heterocycles. The minimum atomic E-state index is -0.112. The van der Waals surface area contributed by atoms with E-state index in [1.807, 2.05) is 0 Å². The lowest BCUT2D eigenvalue weighted by atomic mass is 10.3. The summed E-state index contributed by atoms with van der Waals surface area (Å²) in [6.07, 6.45) is 1.24. The van der Waals surface area contributed by atoms with E-state index in [-0.39, 0.29) is 24.2 Å². The Kier molecular flexibility index (Phi) is 4.61. The van der Waals surface area contributed by atoms with Crippen LogP contribution in [-0.4, -0.2) is 25.5 Å². The largest absolute Gasteiger partial charge is 0.497 e. The summed E-state index contributed by atoms with van der Waals surface area (Å²) in [5.41, 5.74) is 0.720. The molecular weight excluding hydrogens is 256 g/mol. The van der Waals surface area contributed by atoms with Gasteiger partial charge in [-0.25, -0.2) is 0 Å². The zero-order valence-corrected chi connectivity index (χ0v) is 11.8. The monoisotopic (exact) mass is 276 g/mol. The number of carbonyl (C=O) groups excluding carboxylic acids is 2. The van der Waals surface area contributed by atoms with E-state index < -0.39 is 0 Å². The highest BCUT2D eigenvalue weighted by atomic mass is 16.5. The van der Waals surface area contributed by atoms with Gasteiger partial charge in [0.05, 0.1) is 7.11 Å². The number of methoxy groups -OCH3 is 1. The number of nitrogens with one attached hydrogen (secondary N) is 2. The van der Waals surface area contributed by atoms with Crippen LogP contribution in [0.1, 0.15) is 19.8 Å². The number of rotatable bonds is 6. The predicted octanol–water partition coefficient (Wildman–Crippen LogP) is 1.80. The molecule has 2 amide bonds. The van der Waals surface area contributed by atoms with Gasteiger partial charge in [-0.05, 0) is 36.6 Å². The van der Waals surface area contributed by atoms with Crippen LogP contribution in [0.3, 0.4) is 0 Å². The molecule has 5 nitrogen and oxygen atoms in total. The van der Waals surface area contributed by atoms with Crippen molar-refractivity contribution < 1.29 is 14.3 Å². The van der Waals surface area contributed by atoms with Crippen LogP contribution >= 0.6 is 0 Å². The van der Waals surface area contributed by atoms with Gasteiger partial charge in [0.25, 0.3) is 0 Å². The highest BCUT2D eigenvalue weighted by Crippen LogP contribution is 2.37. The molecule has 2 atom stereocenters. The first-order valence-corrected chi connectivity index (χ1v) is 6.81. The van der Waals surface area contributed by atoms with Crippen LogP contribution < -0.4 is 15.4 Å². The summed E-state index contributed by atoms with van der Waals surface area (Å²) in [6.45, 7) is 2.44. The van der Waals surface area contributed by atoms with E-state index in [4.69, 9.17) is 4.74 Å². The van der Waals surface area contributed by atoms with Crippen molar-refractivity contribution in [2.24, 2.45) is 11.8 Å². The molecule has 1 aliphatic carbocycles. The van der Waals surface area contributed by atoms with E-state index in [1.165, 1.54) is 0 Å². The third-order valence-corrected chi connectivity index (χ3v) is 3.47. The van der Waals surface area contributed by atoms with Gasteiger partial charge in [-0.1, -0.05) is 6.92 Å². The van der Waals surface area contributed by atoms with E-state index in [9.17, 15) is 9.59 Å². The molecule has 20 heavy (non-hydrogen) atoms. The summed E-state index contributed by atoms with van der Waals surface area (Å²) in [7, 11) is 1.59. The Balaban J connectivity index is 1.68. The molecule has 0 radical (unpaired) electrons. The fourth-order valence-electron chi connectivity index (χ4n) is 2.02. The van der Waals surface area contributed by atoms with Crippen LogP contribution in [0, 0.1) is 11.8 Å². The van der Waals surface area contributed by atoms with E-state index in [0.717, 1.165) is 17.9 Å². The molecule has 0 aliphatic heterocycles. The molecule has 2 rings (SSSR count). The molecule has 1 fully saturated rings. The Labute approximate surface area is 118 Å². The van der Waals surface area contributed by atoms with Crippen LogP contribution in [0.25, 0.3) is 0 Å². The lowest BCUT2D eigenvalue weighted by Crippen LogP contribution is -2.29. The Morgan fingerprint density at radius 3 is 2.50 bits per heavy atom. The molecule has 0 aromatic heterocycles. The normalized spacial score (nSPS) is 20.1. The first-order chi connectivity index (χ1) is 9.60. The SMILES string of the molecule is COc1ccc(NC(=O)CCNC(=O)C2CC2C)cc1. The fourth-order valence-corrected chi connectivity index (χ4v) is 2.02. The second kappa shape index (κ2) is 6.41. The van der Waals surface area contributed by atoms with Crippen LogP contribution in [0.2, 0.25) is 0 Å². The lowest BCUT2D eigenvalue weighted by Gasteiger charge is -2.07. The first-order valence-electron chi connectivity index (χ1n) is 6.81. The lowest BCUT2D eigenvalue weighted by molar-refractivity contribution is -0.122. The van der Waals surface area contributed by atoms with Gasteiger partial charge in [0, 0.05) is 24.6 Å². The second-order valence-electron chi connectivity index (χ2n) is 5.14. The van der Waals surface area contributed by atoms with Crippen molar-refractivity contribution in [3.05, 3.63) is 24.3 Å². The number of ether oxygens (including phenoxy) is 1. The maximum atomic E-state index is 11.7. The molecule has 2 unspecified atom stereocenters. The number of amides is 2. The van der Waals surface area contributed by atoms with Crippen molar-refractivity contribution in [2.45, 2.75) is 19.8 Å². The molecule has 5 heteroatoms. The van der Waals surface area contributed by atoms with Crippen LogP contribution in [0.15, 0.2) is 24.3 Å². The van der Waals surface area contributed by atoms with Crippen molar-refractivity contribution in [3.63, 3.8) is 0 Å². The third kappa shape index (κ3) is 3.98. The van der Waals surface area contributed by atoms with Crippen LogP contribution in [-0.2, 0) is 9.59 Å². The van der Waals surface area contributed by atoms with Gasteiger partial charge >= 0.3 is 0 Å². The summed E-state index contributed by atoms with van der Waals surface area (Å²) in [5, 5.41) is 5.56. The Bertz CT molecular complexity index is 484. The number of benzene rings is 1. The zero-order chi connectivity index (χ0) is 14.5. The maximum Gasteiger partial charge on any atom is 0.226 e. The topological polar surface area (TPSA) is 67.4 Å². The molecule has 108 valence electrons. The third-order valence-electron chi connectivity index (χ3n) is 3.47. The van der Waals surface area contributed by atoms with Crippen LogP contribution in [0.4, 0.5) is 5.69 Å². The van der Waals surface area contributed by atoms with Gasteiger partial charge in [-0.15, -0.1) is 0 Å². The fraction of sp³-hybridized carbons (Fsp3) is 0.467. The van der Waals surface area contributed by atoms with Gasteiger partial charge in [0.1, 0.15) is 5.75 Å². The van der Waals surface area contributed by atoms with Gasteiger partial charge < -0.3 is 15.4 Å². The molecule has 1 saturated carbocycles. The maximum absolute atomic E-state index is 11.7. The smallest absolute Gasteiger partial charge is 0.226 e. The summed E-state index contributed by atoms with van der Waals surface area (Å²) in [6, 6.07) is 7.13. The Hall–Kier alpha value is -2.04. The summed E-state index contributed by atoms with van der Waals surface area (Å²) < 4.78 is 5.04. The second-order valence-corrected chi connectivity index (χ2v) is 5.14. The summed E-state index contributed by atoms with van der Waals surface area (Å²) in [5.74, 6) is 1.34. The van der Waals surface area contributed by atoms with Crippen molar-refractivity contribution in [1.29, 1.82) is 0 Å². The number of hydrogen-bond donors (Lipinski definition) is 2. The van der Waals surface area contributed by atoms with Crippen LogP contribution in [0.5, 0.6) is 5.75 Å². The number of anilines is 1. The highest BCUT2D eigenvalue weighted by Gasteiger charge is 2.38. The van der Waals surface area contributed by atoms with Gasteiger partial charge in [-0.3, -0.25) is 9.59 Å². The molecule has 1 aromatic carbocycles. The summed E-state index contributed by atoms with van der Waals surface area (Å²) >= 11 is 0. The molecule has 0 spiro atoms. The molecule has 0 bridgehead atoms. The zero-order valence-electron chi connectivity index (χ0n) is 11.8. The van der Waals surface area contributed by atoms with Crippen molar-refractivity contribution in [1.82, 2.24) is 5.32 Å². The quantitative estimate of drug-likeness (QED) is 0.832. The highest BCUT2D eigenvalue weighted by molar-refractivity contribution is 5.91. The van der Waals surface area contributed by atoms with E-state index in [1.54, 1.807) is 31.4 Å². The molecule has 1 aromatic rings. The van der Waals surface area contributed by atoms with Crippen molar-refractivity contribution in [3.8, 4) is 5.75 Å². The van der Waals surface area contributed by atoms with Gasteiger partial charge in [0.2, 0.25) is 11.8 Å². The van der Waals surface area contributed by atoms with E-state index in [2.05, 4.69) is 17.6 Å². The Morgan fingerprint density at radius 2 is 1.95 bits per heavy atom. The number of hydrogen-bond acceptors (Lipinski definition) is 3. The molecule has 0 saturated heterocycles. The molecule has 2 N–H and O–H groups in total. The van der Waals surface area contributed by atoms with Gasteiger partial charge in [-0.2, -0.15) is 0 Å². The summed E-state index contributed by atoms with van der Waals surface area (Å²) in [4.78, 5) is 23.3. The van der Waals surface area contributed by atoms with Gasteiger partial charge in [0.15, 0.2) is 0 Å². The predicted molar refractivity (Wildman–Crippen MR) is 76.5 cm³/mol.